The lowest BCUT2D eigenvalue weighted by molar-refractivity contribution is -0.278. The quantitative estimate of drug-likeness (QED) is 0.181. The molecule has 0 amide bonds. The van der Waals surface area contributed by atoms with Crippen LogP contribution in [0.2, 0.25) is 0 Å². The standard InChI is InChI=1S/C24H22O13/c25-11-3-1-10(2-4-11)13-8-34-15-6-12(5-14(26)19(15)20(13)30)36-24-23(33)22(32)21(31)16(37-24)9-35-18(29)7-17(27)28/h1-6,8,16,21-26,31-33H,7,9H2,(H,27,28)/t16-,21-,22+,23-,24?/m1/s1. The van der Waals surface area contributed by atoms with Crippen LogP contribution in [-0.4, -0.2) is 79.9 Å². The van der Waals surface area contributed by atoms with Crippen molar-refractivity contribution in [2.24, 2.45) is 0 Å². The predicted molar refractivity (Wildman–Crippen MR) is 122 cm³/mol. The highest BCUT2D eigenvalue weighted by molar-refractivity contribution is 5.90. The lowest BCUT2D eigenvalue weighted by Gasteiger charge is -2.39. The van der Waals surface area contributed by atoms with Crippen LogP contribution in [0.25, 0.3) is 22.1 Å². The molecule has 0 saturated carbocycles. The van der Waals surface area contributed by atoms with Gasteiger partial charge in [-0.1, -0.05) is 12.1 Å². The van der Waals surface area contributed by atoms with E-state index in [0.717, 1.165) is 12.3 Å². The third kappa shape index (κ3) is 5.49. The van der Waals surface area contributed by atoms with Gasteiger partial charge in [-0.15, -0.1) is 0 Å². The van der Waals surface area contributed by atoms with Crippen LogP contribution in [-0.2, 0) is 19.1 Å². The Labute approximate surface area is 207 Å². The fraction of sp³-hybridized carbons (Fsp3) is 0.292. The minimum absolute atomic E-state index is 0.00369. The molecule has 1 saturated heterocycles. The molecule has 1 fully saturated rings. The lowest BCUT2D eigenvalue weighted by atomic mass is 9.99. The monoisotopic (exact) mass is 518 g/mol. The van der Waals surface area contributed by atoms with E-state index in [0.29, 0.717) is 5.56 Å². The van der Waals surface area contributed by atoms with E-state index in [1.54, 1.807) is 0 Å². The number of carboxylic acid groups (broad SMARTS) is 1. The van der Waals surface area contributed by atoms with Crippen LogP contribution in [0.1, 0.15) is 6.42 Å². The molecule has 6 N–H and O–H groups in total. The van der Waals surface area contributed by atoms with Crippen molar-refractivity contribution in [2.75, 3.05) is 6.61 Å². The number of phenolic OH excluding ortho intramolecular Hbond substituents is 2. The SMILES string of the molecule is O=C(O)CC(=O)OC[C@H]1OC(Oc2cc(O)c3c(=O)c(-c4ccc(O)cc4)coc3c2)[C@H](O)[C@@H](O)[C@@H]1O. The van der Waals surface area contributed by atoms with E-state index in [1.165, 1.54) is 30.3 Å². The van der Waals surface area contributed by atoms with Crippen molar-refractivity contribution in [3.05, 3.63) is 52.9 Å². The van der Waals surface area contributed by atoms with E-state index in [4.69, 9.17) is 23.7 Å². The van der Waals surface area contributed by atoms with Crippen molar-refractivity contribution in [3.63, 3.8) is 0 Å². The number of phenols is 2. The zero-order valence-corrected chi connectivity index (χ0v) is 18.9. The molecular formula is C24H22O13. The zero-order valence-electron chi connectivity index (χ0n) is 18.9. The van der Waals surface area contributed by atoms with Gasteiger partial charge in [0.2, 0.25) is 11.7 Å². The first-order chi connectivity index (χ1) is 17.5. The smallest absolute Gasteiger partial charge is 0.317 e. The van der Waals surface area contributed by atoms with Crippen molar-refractivity contribution in [3.8, 4) is 28.4 Å². The number of fused-ring (bicyclic) bond motifs is 1. The summed E-state index contributed by atoms with van der Waals surface area (Å²) in [5, 5.41) is 59.0. The first-order valence-electron chi connectivity index (χ1n) is 10.9. The third-order valence-electron chi connectivity index (χ3n) is 5.63. The Balaban J connectivity index is 1.56. The highest BCUT2D eigenvalue weighted by Crippen LogP contribution is 2.33. The number of carbonyl (C=O) groups excluding carboxylic acids is 1. The van der Waals surface area contributed by atoms with Crippen molar-refractivity contribution in [2.45, 2.75) is 37.1 Å². The van der Waals surface area contributed by atoms with Crippen LogP contribution in [0.5, 0.6) is 17.2 Å². The molecule has 1 aliphatic heterocycles. The Bertz CT molecular complexity index is 1360. The van der Waals surface area contributed by atoms with Crippen LogP contribution in [0.15, 0.2) is 51.9 Å². The second-order valence-corrected chi connectivity index (χ2v) is 8.23. The number of rotatable bonds is 7. The third-order valence-corrected chi connectivity index (χ3v) is 5.63. The largest absolute Gasteiger partial charge is 0.508 e. The van der Waals surface area contributed by atoms with Gasteiger partial charge in [0.1, 0.15) is 71.9 Å². The highest BCUT2D eigenvalue weighted by atomic mass is 16.7. The molecule has 4 rings (SSSR count). The molecule has 0 radical (unpaired) electrons. The Hall–Kier alpha value is -4.17. The topological polar surface area (TPSA) is 213 Å². The predicted octanol–water partition coefficient (Wildman–Crippen LogP) is 0.0755. The normalized spacial score (nSPS) is 23.5. The molecule has 0 spiro atoms. The first kappa shape index (κ1) is 25.9. The zero-order chi connectivity index (χ0) is 26.9. The molecule has 1 unspecified atom stereocenters. The number of esters is 1. The minimum atomic E-state index is -1.79. The molecule has 13 nitrogen and oxygen atoms in total. The number of aliphatic carboxylic acids is 1. The summed E-state index contributed by atoms with van der Waals surface area (Å²) in [6.45, 7) is -0.644. The van der Waals surface area contributed by atoms with E-state index < -0.39 is 66.9 Å². The Morgan fingerprint density at radius 3 is 2.35 bits per heavy atom. The number of carbonyl (C=O) groups is 2. The molecule has 2 aromatic carbocycles. The Kier molecular flexibility index (Phi) is 7.31. The fourth-order valence-electron chi connectivity index (χ4n) is 3.75. The van der Waals surface area contributed by atoms with Gasteiger partial charge in [-0.25, -0.2) is 0 Å². The number of hydrogen-bond donors (Lipinski definition) is 6. The van der Waals surface area contributed by atoms with Gasteiger partial charge in [0, 0.05) is 12.1 Å². The number of hydrogen-bond acceptors (Lipinski definition) is 12. The summed E-state index contributed by atoms with van der Waals surface area (Å²) in [7, 11) is 0. The lowest BCUT2D eigenvalue weighted by Crippen LogP contribution is -2.60. The molecule has 5 atom stereocenters. The van der Waals surface area contributed by atoms with Gasteiger partial charge in [-0.05, 0) is 17.7 Å². The maximum absolute atomic E-state index is 13.0. The highest BCUT2D eigenvalue weighted by Gasteiger charge is 2.45. The maximum atomic E-state index is 13.0. The van der Waals surface area contributed by atoms with Gasteiger partial charge in [-0.3, -0.25) is 14.4 Å². The summed E-state index contributed by atoms with van der Waals surface area (Å²) in [5.74, 6) is -3.19. The molecule has 196 valence electrons. The van der Waals surface area contributed by atoms with Gasteiger partial charge in [0.05, 0.1) is 5.56 Å². The Morgan fingerprint density at radius 1 is 0.973 bits per heavy atom. The molecular weight excluding hydrogens is 496 g/mol. The molecule has 1 aromatic heterocycles. The van der Waals surface area contributed by atoms with Crippen molar-refractivity contribution >= 4 is 22.9 Å². The van der Waals surface area contributed by atoms with E-state index in [9.17, 15) is 39.9 Å². The number of aliphatic hydroxyl groups excluding tert-OH is 3. The average Bonchev–Trinajstić information content (AvgIpc) is 2.84. The molecule has 1 aliphatic rings. The van der Waals surface area contributed by atoms with Gasteiger partial charge in [0.15, 0.2) is 0 Å². The molecule has 13 heteroatoms. The van der Waals surface area contributed by atoms with E-state index >= 15 is 0 Å². The molecule has 37 heavy (non-hydrogen) atoms. The maximum Gasteiger partial charge on any atom is 0.317 e. The summed E-state index contributed by atoms with van der Waals surface area (Å²) in [5.41, 5.74) is -0.0752. The average molecular weight is 518 g/mol. The molecule has 0 bridgehead atoms. The van der Waals surface area contributed by atoms with E-state index in [1.807, 2.05) is 0 Å². The summed E-state index contributed by atoms with van der Waals surface area (Å²) >= 11 is 0. The van der Waals surface area contributed by atoms with Gasteiger partial charge < -0.3 is 49.3 Å². The second kappa shape index (κ2) is 10.4. The number of ether oxygens (including phenoxy) is 3. The minimum Gasteiger partial charge on any atom is -0.508 e. The summed E-state index contributed by atoms with van der Waals surface area (Å²) in [6.07, 6.45) is -8.04. The van der Waals surface area contributed by atoms with Crippen molar-refractivity contribution in [1.82, 2.24) is 0 Å². The van der Waals surface area contributed by atoms with Crippen LogP contribution in [0.4, 0.5) is 0 Å². The summed E-state index contributed by atoms with van der Waals surface area (Å²) in [6, 6.07) is 8.05. The second-order valence-electron chi connectivity index (χ2n) is 8.23. The number of aromatic hydroxyl groups is 2. The van der Waals surface area contributed by atoms with Crippen LogP contribution in [0, 0.1) is 0 Å². The summed E-state index contributed by atoms with van der Waals surface area (Å²) in [4.78, 5) is 35.0. The summed E-state index contributed by atoms with van der Waals surface area (Å²) < 4.78 is 21.2. The van der Waals surface area contributed by atoms with E-state index in [-0.39, 0.29) is 28.0 Å². The number of aliphatic hydroxyl groups is 3. The van der Waals surface area contributed by atoms with Gasteiger partial charge in [0.25, 0.3) is 0 Å². The van der Waals surface area contributed by atoms with Crippen LogP contribution >= 0.6 is 0 Å². The Morgan fingerprint density at radius 2 is 1.68 bits per heavy atom. The van der Waals surface area contributed by atoms with E-state index in [2.05, 4.69) is 0 Å². The van der Waals surface area contributed by atoms with Gasteiger partial charge in [-0.2, -0.15) is 0 Å². The number of carboxylic acids is 1. The molecule has 2 heterocycles. The fourth-order valence-corrected chi connectivity index (χ4v) is 3.75. The van der Waals surface area contributed by atoms with Crippen LogP contribution < -0.4 is 10.2 Å². The number of benzene rings is 2. The van der Waals surface area contributed by atoms with Crippen molar-refractivity contribution in [1.29, 1.82) is 0 Å². The molecule has 0 aliphatic carbocycles. The molecule has 3 aromatic rings. The van der Waals surface area contributed by atoms with Crippen LogP contribution in [0.3, 0.4) is 0 Å². The first-order valence-corrected chi connectivity index (χ1v) is 10.9. The van der Waals surface area contributed by atoms with Crippen molar-refractivity contribution < 1.29 is 58.9 Å². The van der Waals surface area contributed by atoms with Gasteiger partial charge >= 0.3 is 11.9 Å².